The van der Waals surface area contributed by atoms with Crippen molar-refractivity contribution < 1.29 is 5.11 Å². The molecule has 0 aliphatic heterocycles. The summed E-state index contributed by atoms with van der Waals surface area (Å²) in [6.45, 7) is 0.869. The van der Waals surface area contributed by atoms with E-state index in [-0.39, 0.29) is 5.92 Å². The fourth-order valence-corrected chi connectivity index (χ4v) is 4.94. The quantitative estimate of drug-likeness (QED) is 0.446. The van der Waals surface area contributed by atoms with Gasteiger partial charge in [0.15, 0.2) is 0 Å². The number of hydrogen-bond donors (Lipinski definition) is 1. The summed E-state index contributed by atoms with van der Waals surface area (Å²) < 4.78 is 2.07. The van der Waals surface area contributed by atoms with Crippen LogP contribution in [-0.4, -0.2) is 19.9 Å². The molecule has 2 aromatic heterocycles. The summed E-state index contributed by atoms with van der Waals surface area (Å²) in [6.07, 6.45) is 12.2. The Kier molecular flexibility index (Phi) is 5.53. The monoisotopic (exact) mass is 409 g/mol. The Morgan fingerprint density at radius 3 is 2.65 bits per heavy atom. The van der Waals surface area contributed by atoms with E-state index in [1.807, 2.05) is 42.9 Å². The Labute approximate surface area is 183 Å². The number of fused-ring (bicyclic) bond motifs is 1. The van der Waals surface area contributed by atoms with Gasteiger partial charge in [-0.25, -0.2) is 0 Å². The van der Waals surface area contributed by atoms with Crippen LogP contribution >= 0.6 is 0 Å². The first-order chi connectivity index (χ1) is 15.3. The molecule has 0 bridgehead atoms. The predicted octanol–water partition coefficient (Wildman–Crippen LogP) is 5.67. The summed E-state index contributed by atoms with van der Waals surface area (Å²) in [4.78, 5) is 4.34. The number of nitrogens with zero attached hydrogens (tertiary/aromatic N) is 3. The van der Waals surface area contributed by atoms with Gasteiger partial charge in [0.2, 0.25) is 0 Å². The van der Waals surface area contributed by atoms with Crippen molar-refractivity contribution in [1.82, 2.24) is 14.8 Å². The molecule has 4 aromatic rings. The van der Waals surface area contributed by atoms with Crippen molar-refractivity contribution in [1.29, 1.82) is 0 Å². The van der Waals surface area contributed by atoms with Gasteiger partial charge in [0.1, 0.15) is 5.75 Å². The van der Waals surface area contributed by atoms with Crippen LogP contribution in [0.3, 0.4) is 0 Å². The highest BCUT2D eigenvalue weighted by molar-refractivity contribution is 5.43. The highest BCUT2D eigenvalue weighted by Gasteiger charge is 2.23. The van der Waals surface area contributed by atoms with Crippen LogP contribution < -0.4 is 0 Å². The molecule has 1 N–H and O–H groups in total. The van der Waals surface area contributed by atoms with Crippen LogP contribution in [0.1, 0.15) is 58.9 Å². The number of rotatable bonds is 6. The molecule has 0 spiro atoms. The molecule has 2 unspecified atom stereocenters. The Bertz CT molecular complexity index is 1100. The van der Waals surface area contributed by atoms with Crippen LogP contribution in [0.15, 0.2) is 85.5 Å². The minimum atomic E-state index is 0.121. The number of aromatic nitrogens is 3. The first kappa shape index (κ1) is 19.6. The van der Waals surface area contributed by atoms with E-state index in [1.165, 1.54) is 28.7 Å². The van der Waals surface area contributed by atoms with Crippen molar-refractivity contribution in [2.24, 2.45) is 0 Å². The van der Waals surface area contributed by atoms with E-state index < -0.39 is 0 Å². The van der Waals surface area contributed by atoms with Crippen molar-refractivity contribution >= 4 is 0 Å². The molecule has 5 rings (SSSR count). The minimum Gasteiger partial charge on any atom is -0.508 e. The van der Waals surface area contributed by atoms with E-state index in [2.05, 4.69) is 52.3 Å². The molecule has 4 nitrogen and oxygen atoms in total. The van der Waals surface area contributed by atoms with Gasteiger partial charge in [0.05, 0.1) is 6.20 Å². The number of aryl methyl sites for hydroxylation is 1. The summed E-state index contributed by atoms with van der Waals surface area (Å²) in [5.74, 6) is 1.05. The van der Waals surface area contributed by atoms with E-state index in [0.717, 1.165) is 31.4 Å². The average Bonchev–Trinajstić information content (AvgIpc) is 3.28. The predicted molar refractivity (Wildman–Crippen MR) is 122 cm³/mol. The average molecular weight is 410 g/mol. The highest BCUT2D eigenvalue weighted by atomic mass is 16.3. The Hall–Kier alpha value is -3.40. The molecule has 0 fully saturated rings. The lowest BCUT2D eigenvalue weighted by Gasteiger charge is -2.26. The van der Waals surface area contributed by atoms with Gasteiger partial charge in [-0.2, -0.15) is 5.10 Å². The maximum absolute atomic E-state index is 10.2. The van der Waals surface area contributed by atoms with Crippen molar-refractivity contribution in [2.45, 2.75) is 44.1 Å². The van der Waals surface area contributed by atoms with Gasteiger partial charge in [-0.15, -0.1) is 0 Å². The number of benzene rings is 2. The van der Waals surface area contributed by atoms with E-state index in [9.17, 15) is 5.11 Å². The minimum absolute atomic E-state index is 0.121. The van der Waals surface area contributed by atoms with Gasteiger partial charge in [-0.3, -0.25) is 9.67 Å². The van der Waals surface area contributed by atoms with E-state index in [1.54, 1.807) is 0 Å². The van der Waals surface area contributed by atoms with Crippen LogP contribution in [0.4, 0.5) is 0 Å². The molecule has 2 heterocycles. The first-order valence-corrected chi connectivity index (χ1v) is 11.1. The van der Waals surface area contributed by atoms with Crippen LogP contribution in [0.2, 0.25) is 0 Å². The van der Waals surface area contributed by atoms with Gasteiger partial charge in [-0.1, -0.05) is 48.5 Å². The Morgan fingerprint density at radius 1 is 0.935 bits per heavy atom. The lowest BCUT2D eigenvalue weighted by Crippen LogP contribution is -2.12. The standard InChI is InChI=1S/C27H27N3O/c31-26-13-5-11-24-20(9-4-12-25(24)26)14-16-30-19-23(18-29-30)27(21-7-2-1-3-8-21)22-10-6-15-28-17-22/h1-3,5-8,10-11,13,15,17-20,27,31H,4,9,12,14,16H2. The molecule has 4 heteroatoms. The maximum Gasteiger partial charge on any atom is 0.119 e. The summed E-state index contributed by atoms with van der Waals surface area (Å²) in [6, 6.07) is 20.6. The third-order valence-electron chi connectivity index (χ3n) is 6.45. The third kappa shape index (κ3) is 4.11. The van der Waals surface area contributed by atoms with Gasteiger partial charge < -0.3 is 5.11 Å². The Morgan fingerprint density at radius 2 is 1.81 bits per heavy atom. The molecule has 1 aliphatic rings. The zero-order valence-corrected chi connectivity index (χ0v) is 17.6. The summed E-state index contributed by atoms with van der Waals surface area (Å²) >= 11 is 0. The van der Waals surface area contributed by atoms with Crippen LogP contribution in [0.25, 0.3) is 0 Å². The lowest BCUT2D eigenvalue weighted by atomic mass is 9.80. The van der Waals surface area contributed by atoms with E-state index >= 15 is 0 Å². The molecule has 2 aromatic carbocycles. The van der Waals surface area contributed by atoms with Crippen molar-refractivity contribution in [2.75, 3.05) is 0 Å². The van der Waals surface area contributed by atoms with Gasteiger partial charge in [0, 0.05) is 36.6 Å². The normalized spacial score (nSPS) is 16.6. The lowest BCUT2D eigenvalue weighted by molar-refractivity contribution is 0.435. The molecule has 1 aliphatic carbocycles. The maximum atomic E-state index is 10.2. The molecule has 156 valence electrons. The summed E-state index contributed by atoms with van der Waals surface area (Å²) in [7, 11) is 0. The number of phenolic OH excluding ortho intramolecular Hbond substituents is 1. The molecule has 31 heavy (non-hydrogen) atoms. The van der Waals surface area contributed by atoms with Gasteiger partial charge in [0.25, 0.3) is 0 Å². The topological polar surface area (TPSA) is 50.9 Å². The second-order valence-electron chi connectivity index (χ2n) is 8.39. The fourth-order valence-electron chi connectivity index (χ4n) is 4.94. The highest BCUT2D eigenvalue weighted by Crippen LogP contribution is 2.38. The largest absolute Gasteiger partial charge is 0.508 e. The van der Waals surface area contributed by atoms with E-state index in [4.69, 9.17) is 5.10 Å². The first-order valence-electron chi connectivity index (χ1n) is 11.1. The van der Waals surface area contributed by atoms with Gasteiger partial charge >= 0.3 is 0 Å². The molecule has 0 amide bonds. The second kappa shape index (κ2) is 8.76. The SMILES string of the molecule is Oc1cccc2c1CCCC2CCn1cc(C(c2ccccc2)c2cccnc2)cn1. The molecular formula is C27H27N3O. The summed E-state index contributed by atoms with van der Waals surface area (Å²) in [5, 5.41) is 14.9. The molecular weight excluding hydrogens is 382 g/mol. The van der Waals surface area contributed by atoms with Gasteiger partial charge in [-0.05, 0) is 66.0 Å². The molecule has 0 saturated heterocycles. The van der Waals surface area contributed by atoms with Crippen LogP contribution in [0, 0.1) is 0 Å². The Balaban J connectivity index is 1.37. The number of phenols is 1. The zero-order chi connectivity index (χ0) is 21.0. The molecule has 2 atom stereocenters. The third-order valence-corrected chi connectivity index (χ3v) is 6.45. The van der Waals surface area contributed by atoms with Crippen LogP contribution in [-0.2, 0) is 13.0 Å². The van der Waals surface area contributed by atoms with Crippen LogP contribution in [0.5, 0.6) is 5.75 Å². The fraction of sp³-hybridized carbons (Fsp3) is 0.259. The number of aromatic hydroxyl groups is 1. The second-order valence-corrected chi connectivity index (χ2v) is 8.39. The van der Waals surface area contributed by atoms with E-state index in [0.29, 0.717) is 11.7 Å². The van der Waals surface area contributed by atoms with Crippen molar-refractivity contribution in [3.05, 3.63) is 113 Å². The number of hydrogen-bond acceptors (Lipinski definition) is 3. The number of pyridine rings is 1. The smallest absolute Gasteiger partial charge is 0.119 e. The van der Waals surface area contributed by atoms with Crippen molar-refractivity contribution in [3.63, 3.8) is 0 Å². The molecule has 0 radical (unpaired) electrons. The van der Waals surface area contributed by atoms with Crippen molar-refractivity contribution in [3.8, 4) is 5.75 Å². The molecule has 0 saturated carbocycles. The summed E-state index contributed by atoms with van der Waals surface area (Å²) in [5.41, 5.74) is 6.05. The zero-order valence-electron chi connectivity index (χ0n) is 17.6.